The number of methoxy groups -OCH3 is 1. The minimum absolute atomic E-state index is 0.0626. The Morgan fingerprint density at radius 2 is 1.77 bits per heavy atom. The monoisotopic (exact) mass is 823 g/mol. The molecule has 15 nitrogen and oxygen atoms in total. The molecule has 3 aromatic rings. The van der Waals surface area contributed by atoms with E-state index in [0.29, 0.717) is 39.8 Å². The Morgan fingerprint density at radius 1 is 1.05 bits per heavy atom. The third kappa shape index (κ3) is 8.78. The fourth-order valence-corrected chi connectivity index (χ4v) is 9.06. The minimum atomic E-state index is -3.94. The standard InChI is InChI=1S/C40H49N5O10S2/c1-9-22-20-40(22,36(49)44-57(51,52)24-12-13-24)43-33(47)27-19-23(21-45(27)35(48)32(38(2,3)4)42-37(50)55-39(5,6)7)54-34-26-14-15-28(53-8)30(25(26)16-17-41-34)31(46)29-11-10-18-56-29/h9-11,14-18,22-24,27,32H,1,12-13,19-21H2,2-8H3,(H,42,50)(H,43,47)(H,44,49)/t22?,23-,27+,32-,40-/m1/s1. The summed E-state index contributed by atoms with van der Waals surface area (Å²) in [5.74, 6) is -2.51. The van der Waals surface area contributed by atoms with Crippen molar-refractivity contribution in [3.8, 4) is 11.6 Å². The first kappa shape index (κ1) is 41.6. The molecule has 2 aliphatic carbocycles. The second kappa shape index (κ2) is 15.4. The van der Waals surface area contributed by atoms with Crippen LogP contribution in [-0.4, -0.2) is 96.1 Å². The number of alkyl carbamates (subject to hydrolysis) is 1. The molecule has 3 fully saturated rings. The topological polar surface area (TPSA) is 199 Å². The summed E-state index contributed by atoms with van der Waals surface area (Å²) in [6.45, 7) is 14.0. The molecular formula is C40H49N5O10S2. The first-order chi connectivity index (χ1) is 26.7. The third-order valence-corrected chi connectivity index (χ3v) is 12.9. The van der Waals surface area contributed by atoms with Crippen LogP contribution in [0.5, 0.6) is 11.6 Å². The maximum absolute atomic E-state index is 14.6. The number of ketones is 1. The molecule has 3 N–H and O–H groups in total. The van der Waals surface area contributed by atoms with Crippen molar-refractivity contribution >= 4 is 61.7 Å². The summed E-state index contributed by atoms with van der Waals surface area (Å²) in [6.07, 6.45) is 2.22. The Morgan fingerprint density at radius 3 is 2.35 bits per heavy atom. The van der Waals surface area contributed by atoms with Gasteiger partial charge in [0.1, 0.15) is 35.1 Å². The lowest BCUT2D eigenvalue weighted by atomic mass is 9.85. The van der Waals surface area contributed by atoms with E-state index in [2.05, 4.69) is 26.9 Å². The maximum atomic E-state index is 14.6. The largest absolute Gasteiger partial charge is 0.496 e. The number of likely N-dealkylation sites (tertiary alicyclic amines) is 1. The zero-order chi connectivity index (χ0) is 41.7. The molecule has 1 unspecified atom stereocenters. The van der Waals surface area contributed by atoms with Gasteiger partial charge in [-0.25, -0.2) is 18.2 Å². The van der Waals surface area contributed by atoms with Crippen molar-refractivity contribution in [3.63, 3.8) is 0 Å². The summed E-state index contributed by atoms with van der Waals surface area (Å²) in [5, 5.41) is 7.60. The number of nitrogens with one attached hydrogen (secondary N) is 3. The molecule has 1 saturated heterocycles. The van der Waals surface area contributed by atoms with Crippen LogP contribution in [0.1, 0.15) is 82.5 Å². The molecule has 4 amide bonds. The number of sulfonamides is 1. The van der Waals surface area contributed by atoms with Gasteiger partial charge in [0.15, 0.2) is 0 Å². The number of thiophene rings is 1. The van der Waals surface area contributed by atoms with Crippen LogP contribution in [0.2, 0.25) is 0 Å². The second-order valence-electron chi connectivity index (χ2n) is 16.8. The molecule has 2 aromatic heterocycles. The molecule has 0 radical (unpaired) electrons. The highest BCUT2D eigenvalue weighted by molar-refractivity contribution is 7.91. The van der Waals surface area contributed by atoms with Gasteiger partial charge in [-0.2, -0.15) is 0 Å². The van der Waals surface area contributed by atoms with E-state index >= 15 is 0 Å². The number of hydrogen-bond acceptors (Lipinski definition) is 12. The number of pyridine rings is 1. The first-order valence-corrected chi connectivity index (χ1v) is 21.1. The van der Waals surface area contributed by atoms with E-state index in [9.17, 15) is 32.4 Å². The van der Waals surface area contributed by atoms with Crippen molar-refractivity contribution in [3.05, 3.63) is 65.0 Å². The van der Waals surface area contributed by atoms with Crippen molar-refractivity contribution in [1.29, 1.82) is 0 Å². The lowest BCUT2D eigenvalue weighted by Crippen LogP contribution is -2.60. The van der Waals surface area contributed by atoms with Crippen LogP contribution < -0.4 is 24.8 Å². The molecule has 17 heteroatoms. The van der Waals surface area contributed by atoms with Gasteiger partial charge in [0.2, 0.25) is 33.5 Å². The van der Waals surface area contributed by atoms with Gasteiger partial charge in [0, 0.05) is 29.3 Å². The fraction of sp³-hybridized carbons (Fsp3) is 0.500. The van der Waals surface area contributed by atoms with Gasteiger partial charge in [0.25, 0.3) is 5.91 Å². The van der Waals surface area contributed by atoms with Crippen molar-refractivity contribution in [2.75, 3.05) is 13.7 Å². The molecule has 0 spiro atoms. The van der Waals surface area contributed by atoms with Crippen molar-refractivity contribution in [1.82, 2.24) is 25.2 Å². The molecular weight excluding hydrogens is 775 g/mol. The SMILES string of the molecule is C=CC1C[C@]1(NC(=O)[C@@H]1C[C@@H](Oc2nccc3c(C(=O)c4cccs4)c(OC)ccc23)CN1C(=O)[C@@H](NC(=O)OC(C)(C)C)C(C)(C)C)C(=O)NS(=O)(=O)C1CC1. The Kier molecular flexibility index (Phi) is 11.2. The number of hydrogen-bond donors (Lipinski definition) is 3. The Labute approximate surface area is 335 Å². The Balaban J connectivity index is 1.33. The van der Waals surface area contributed by atoms with Crippen LogP contribution in [0.3, 0.4) is 0 Å². The number of carbonyl (C=O) groups is 5. The van der Waals surface area contributed by atoms with E-state index in [1.54, 1.807) is 77.3 Å². The van der Waals surface area contributed by atoms with Crippen molar-refractivity contribution in [2.45, 2.75) is 102 Å². The van der Waals surface area contributed by atoms with Crippen LogP contribution in [0.25, 0.3) is 10.8 Å². The number of carbonyl (C=O) groups excluding carboxylic acids is 5. The van der Waals surface area contributed by atoms with Gasteiger partial charge < -0.3 is 29.7 Å². The number of benzene rings is 1. The average Bonchev–Trinajstić information content (AvgIpc) is 4.00. The van der Waals surface area contributed by atoms with E-state index in [-0.39, 0.29) is 31.0 Å². The summed E-state index contributed by atoms with van der Waals surface area (Å²) in [7, 11) is -2.46. The maximum Gasteiger partial charge on any atom is 0.408 e. The lowest BCUT2D eigenvalue weighted by Gasteiger charge is -2.36. The van der Waals surface area contributed by atoms with Crippen LogP contribution in [-0.2, 0) is 29.1 Å². The quantitative estimate of drug-likeness (QED) is 0.162. The van der Waals surface area contributed by atoms with E-state index in [1.807, 2.05) is 0 Å². The van der Waals surface area contributed by atoms with Gasteiger partial charge in [0.05, 0.1) is 29.3 Å². The number of nitrogens with zero attached hydrogens (tertiary/aromatic N) is 2. The molecule has 0 bridgehead atoms. The number of amides is 4. The van der Waals surface area contributed by atoms with E-state index in [4.69, 9.17) is 14.2 Å². The summed E-state index contributed by atoms with van der Waals surface area (Å²) < 4.78 is 45.2. The normalized spacial score (nSPS) is 22.6. The molecule has 3 heterocycles. The van der Waals surface area contributed by atoms with Gasteiger partial charge in [-0.1, -0.05) is 32.9 Å². The van der Waals surface area contributed by atoms with Crippen molar-refractivity contribution in [2.24, 2.45) is 11.3 Å². The summed E-state index contributed by atoms with van der Waals surface area (Å²) in [6, 6.07) is 6.15. The minimum Gasteiger partial charge on any atom is -0.496 e. The van der Waals surface area contributed by atoms with E-state index in [1.165, 1.54) is 35.6 Å². The van der Waals surface area contributed by atoms with Gasteiger partial charge >= 0.3 is 6.09 Å². The highest BCUT2D eigenvalue weighted by atomic mass is 32.2. The molecule has 5 atom stereocenters. The number of rotatable bonds is 13. The summed E-state index contributed by atoms with van der Waals surface area (Å²) >= 11 is 1.30. The lowest BCUT2D eigenvalue weighted by molar-refractivity contribution is -0.143. The van der Waals surface area contributed by atoms with Gasteiger partial charge in [-0.05, 0) is 75.1 Å². The molecule has 2 saturated carbocycles. The predicted molar refractivity (Wildman–Crippen MR) is 212 cm³/mol. The van der Waals surface area contributed by atoms with Crippen LogP contribution in [0, 0.1) is 11.3 Å². The number of fused-ring (bicyclic) bond motifs is 1. The predicted octanol–water partition coefficient (Wildman–Crippen LogP) is 4.49. The Bertz CT molecular complexity index is 2210. The zero-order valence-electron chi connectivity index (χ0n) is 33.0. The average molecular weight is 824 g/mol. The third-order valence-electron chi connectivity index (χ3n) is 10.2. The van der Waals surface area contributed by atoms with Gasteiger partial charge in [-0.15, -0.1) is 17.9 Å². The van der Waals surface area contributed by atoms with Crippen LogP contribution >= 0.6 is 11.3 Å². The highest BCUT2D eigenvalue weighted by Gasteiger charge is 2.62. The molecule has 1 aromatic carbocycles. The molecule has 1 aliphatic heterocycles. The second-order valence-corrected chi connectivity index (χ2v) is 19.7. The molecule has 57 heavy (non-hydrogen) atoms. The van der Waals surface area contributed by atoms with Crippen LogP contribution in [0.4, 0.5) is 4.79 Å². The van der Waals surface area contributed by atoms with Gasteiger partial charge in [-0.3, -0.25) is 23.9 Å². The summed E-state index contributed by atoms with van der Waals surface area (Å²) in [4.78, 5) is 75.5. The molecule has 6 rings (SSSR count). The molecule has 306 valence electrons. The zero-order valence-corrected chi connectivity index (χ0v) is 34.7. The number of aromatic nitrogens is 1. The molecule has 3 aliphatic rings. The fourth-order valence-electron chi connectivity index (χ4n) is 7.03. The smallest absolute Gasteiger partial charge is 0.408 e. The highest BCUT2D eigenvalue weighted by Crippen LogP contribution is 2.46. The van der Waals surface area contributed by atoms with E-state index in [0.717, 1.165) is 0 Å². The van der Waals surface area contributed by atoms with E-state index < -0.39 is 79.7 Å². The summed E-state index contributed by atoms with van der Waals surface area (Å²) in [5.41, 5.74) is -3.01. The Hall–Kier alpha value is -5.03. The number of ether oxygens (including phenoxy) is 3. The first-order valence-electron chi connectivity index (χ1n) is 18.7. The van der Waals surface area contributed by atoms with Crippen molar-refractivity contribution < 1.29 is 46.6 Å². The van der Waals surface area contributed by atoms with Crippen LogP contribution in [0.15, 0.2) is 54.6 Å².